The summed E-state index contributed by atoms with van der Waals surface area (Å²) in [4.78, 5) is 22.1. The molecule has 3 fully saturated rings. The molecule has 194 valence electrons. The topological polar surface area (TPSA) is 69.7 Å². The lowest BCUT2D eigenvalue weighted by molar-refractivity contribution is -0.117. The Kier molecular flexibility index (Phi) is 8.85. The van der Waals surface area contributed by atoms with Crippen molar-refractivity contribution in [2.24, 2.45) is 5.92 Å². The predicted octanol–water partition coefficient (Wildman–Crippen LogP) is 4.23. The highest BCUT2D eigenvalue weighted by Crippen LogP contribution is 2.29. The molecule has 1 unspecified atom stereocenters. The van der Waals surface area contributed by atoms with Gasteiger partial charge in [0.2, 0.25) is 5.91 Å². The molecule has 1 aromatic heterocycles. The monoisotopic (exact) mass is 491 g/mol. The standard InChI is InChI=1S/C29H41N5O2/c35-29(20-23-6-1-2-7-23)32-25-8-5-9-26(21-25)33-14-11-24(12-15-33)31-22-28(27-10-3-4-13-30-27)34-16-18-36-19-17-34/h3-5,8-10,13,21,23-24,28,31H,1-2,6-7,11-12,14-20,22H2,(H,32,35). The van der Waals surface area contributed by atoms with Crippen LogP contribution in [0, 0.1) is 5.92 Å². The zero-order valence-corrected chi connectivity index (χ0v) is 21.4. The lowest BCUT2D eigenvalue weighted by atomic mass is 10.0. The zero-order valence-electron chi connectivity index (χ0n) is 21.4. The van der Waals surface area contributed by atoms with E-state index in [1.54, 1.807) is 0 Å². The number of morpholine rings is 1. The number of hydrogen-bond acceptors (Lipinski definition) is 6. The van der Waals surface area contributed by atoms with Crippen LogP contribution in [0.2, 0.25) is 0 Å². The van der Waals surface area contributed by atoms with Gasteiger partial charge in [-0.3, -0.25) is 14.7 Å². The second-order valence-electron chi connectivity index (χ2n) is 10.5. The Labute approximate surface area is 215 Å². The highest BCUT2D eigenvalue weighted by atomic mass is 16.5. The molecule has 1 saturated carbocycles. The highest BCUT2D eigenvalue weighted by molar-refractivity contribution is 5.91. The Morgan fingerprint density at radius 3 is 2.56 bits per heavy atom. The summed E-state index contributed by atoms with van der Waals surface area (Å²) < 4.78 is 5.58. The van der Waals surface area contributed by atoms with Gasteiger partial charge in [-0.15, -0.1) is 0 Å². The normalized spacial score (nSPS) is 20.9. The van der Waals surface area contributed by atoms with Gasteiger partial charge in [-0.25, -0.2) is 0 Å². The largest absolute Gasteiger partial charge is 0.379 e. The van der Waals surface area contributed by atoms with E-state index in [4.69, 9.17) is 4.74 Å². The van der Waals surface area contributed by atoms with Gasteiger partial charge >= 0.3 is 0 Å². The van der Waals surface area contributed by atoms with Crippen molar-refractivity contribution in [3.8, 4) is 0 Å². The van der Waals surface area contributed by atoms with E-state index < -0.39 is 0 Å². The predicted molar refractivity (Wildman–Crippen MR) is 144 cm³/mol. The third-order valence-electron chi connectivity index (χ3n) is 8.05. The Bertz CT molecular complexity index is 951. The van der Waals surface area contributed by atoms with Crippen molar-refractivity contribution < 1.29 is 9.53 Å². The van der Waals surface area contributed by atoms with E-state index in [-0.39, 0.29) is 11.9 Å². The number of pyridine rings is 1. The third-order valence-corrected chi connectivity index (χ3v) is 8.05. The van der Waals surface area contributed by atoms with Crippen molar-refractivity contribution in [3.63, 3.8) is 0 Å². The average molecular weight is 492 g/mol. The first-order valence-electron chi connectivity index (χ1n) is 13.9. The summed E-state index contributed by atoms with van der Waals surface area (Å²) >= 11 is 0. The first-order valence-corrected chi connectivity index (χ1v) is 13.9. The molecule has 0 radical (unpaired) electrons. The fourth-order valence-electron chi connectivity index (χ4n) is 5.97. The van der Waals surface area contributed by atoms with Gasteiger partial charge in [-0.2, -0.15) is 0 Å². The number of benzene rings is 1. The van der Waals surface area contributed by atoms with E-state index in [9.17, 15) is 4.79 Å². The van der Waals surface area contributed by atoms with Gasteiger partial charge in [-0.1, -0.05) is 25.0 Å². The summed E-state index contributed by atoms with van der Waals surface area (Å²) in [5, 5.41) is 6.99. The van der Waals surface area contributed by atoms with Crippen molar-refractivity contribution in [1.82, 2.24) is 15.2 Å². The molecule has 1 aromatic carbocycles. The molecule has 3 heterocycles. The number of ether oxygens (including phenoxy) is 1. The van der Waals surface area contributed by atoms with Crippen LogP contribution >= 0.6 is 0 Å². The molecule has 0 spiro atoms. The number of aromatic nitrogens is 1. The van der Waals surface area contributed by atoms with E-state index in [2.05, 4.69) is 55.7 Å². The number of nitrogens with zero attached hydrogens (tertiary/aromatic N) is 3. The average Bonchev–Trinajstić information content (AvgIpc) is 3.43. The van der Waals surface area contributed by atoms with E-state index in [0.717, 1.165) is 70.2 Å². The number of amides is 1. The first kappa shape index (κ1) is 25.2. The minimum absolute atomic E-state index is 0.157. The number of nitrogens with one attached hydrogen (secondary N) is 2. The SMILES string of the molecule is O=C(CC1CCCC1)Nc1cccc(N2CCC(NCC(c3ccccn3)N3CCOCC3)CC2)c1. The molecule has 1 amide bonds. The summed E-state index contributed by atoms with van der Waals surface area (Å²) in [5.41, 5.74) is 3.25. The van der Waals surface area contributed by atoms with Gasteiger partial charge in [0.05, 0.1) is 24.9 Å². The second-order valence-corrected chi connectivity index (χ2v) is 10.5. The van der Waals surface area contributed by atoms with Crippen molar-refractivity contribution in [2.75, 3.05) is 56.2 Å². The minimum Gasteiger partial charge on any atom is -0.379 e. The van der Waals surface area contributed by atoms with Crippen LogP contribution in [0.5, 0.6) is 0 Å². The van der Waals surface area contributed by atoms with E-state index in [1.807, 2.05) is 18.3 Å². The highest BCUT2D eigenvalue weighted by Gasteiger charge is 2.26. The van der Waals surface area contributed by atoms with E-state index in [0.29, 0.717) is 18.4 Å². The molecule has 0 bridgehead atoms. The maximum atomic E-state index is 12.5. The lowest BCUT2D eigenvalue weighted by Gasteiger charge is -2.37. The smallest absolute Gasteiger partial charge is 0.224 e. The minimum atomic E-state index is 0.157. The van der Waals surface area contributed by atoms with Gasteiger partial charge < -0.3 is 20.3 Å². The molecule has 2 aromatic rings. The van der Waals surface area contributed by atoms with Crippen LogP contribution in [0.1, 0.15) is 56.7 Å². The maximum absolute atomic E-state index is 12.5. The molecule has 1 atom stereocenters. The molecule has 3 aliphatic rings. The Morgan fingerprint density at radius 1 is 1.00 bits per heavy atom. The number of hydrogen-bond donors (Lipinski definition) is 2. The fourth-order valence-corrected chi connectivity index (χ4v) is 5.97. The summed E-state index contributed by atoms with van der Waals surface area (Å²) in [7, 11) is 0. The number of piperidine rings is 1. The molecule has 7 heteroatoms. The van der Waals surface area contributed by atoms with Crippen molar-refractivity contribution in [3.05, 3.63) is 54.4 Å². The summed E-state index contributed by atoms with van der Waals surface area (Å²) in [5.74, 6) is 0.727. The summed E-state index contributed by atoms with van der Waals surface area (Å²) in [6.45, 7) is 6.43. The summed E-state index contributed by atoms with van der Waals surface area (Å²) in [6, 6.07) is 15.4. The van der Waals surface area contributed by atoms with Gasteiger partial charge in [0.1, 0.15) is 0 Å². The van der Waals surface area contributed by atoms with E-state index >= 15 is 0 Å². The molecule has 1 aliphatic carbocycles. The molecule has 2 saturated heterocycles. The van der Waals surface area contributed by atoms with Gasteiger partial charge in [-0.05, 0) is 61.9 Å². The van der Waals surface area contributed by atoms with Crippen LogP contribution in [0.3, 0.4) is 0 Å². The quantitative estimate of drug-likeness (QED) is 0.547. The maximum Gasteiger partial charge on any atom is 0.224 e. The second kappa shape index (κ2) is 12.7. The van der Waals surface area contributed by atoms with E-state index in [1.165, 1.54) is 31.4 Å². The van der Waals surface area contributed by atoms with Gasteiger partial charge in [0.25, 0.3) is 0 Å². The van der Waals surface area contributed by atoms with Crippen LogP contribution in [-0.2, 0) is 9.53 Å². The molecule has 7 nitrogen and oxygen atoms in total. The number of carbonyl (C=O) groups is 1. The lowest BCUT2D eigenvalue weighted by Crippen LogP contribution is -2.47. The molecule has 5 rings (SSSR count). The van der Waals surface area contributed by atoms with Crippen molar-refractivity contribution >= 4 is 17.3 Å². The Morgan fingerprint density at radius 2 is 1.81 bits per heavy atom. The molecular formula is C29H41N5O2. The molecule has 2 aliphatic heterocycles. The Balaban J connectivity index is 1.11. The Hall–Kier alpha value is -2.48. The van der Waals surface area contributed by atoms with Crippen molar-refractivity contribution in [2.45, 2.75) is 57.0 Å². The van der Waals surface area contributed by atoms with Crippen LogP contribution in [-0.4, -0.2) is 67.8 Å². The van der Waals surface area contributed by atoms with Crippen LogP contribution in [0.4, 0.5) is 11.4 Å². The van der Waals surface area contributed by atoms with Crippen LogP contribution in [0.15, 0.2) is 48.7 Å². The fraction of sp³-hybridized carbons (Fsp3) is 0.586. The number of carbonyl (C=O) groups excluding carboxylic acids is 1. The summed E-state index contributed by atoms with van der Waals surface area (Å²) in [6.07, 6.45) is 9.71. The molecule has 36 heavy (non-hydrogen) atoms. The third kappa shape index (κ3) is 6.84. The zero-order chi connectivity index (χ0) is 24.6. The van der Waals surface area contributed by atoms with Gasteiger partial charge in [0, 0.05) is 62.8 Å². The van der Waals surface area contributed by atoms with Crippen LogP contribution in [0.25, 0.3) is 0 Å². The number of anilines is 2. The van der Waals surface area contributed by atoms with Crippen LogP contribution < -0.4 is 15.5 Å². The molecular weight excluding hydrogens is 450 g/mol. The number of rotatable bonds is 9. The first-order chi connectivity index (χ1) is 17.7. The molecule has 2 N–H and O–H groups in total. The van der Waals surface area contributed by atoms with Gasteiger partial charge in [0.15, 0.2) is 0 Å². The van der Waals surface area contributed by atoms with Crippen molar-refractivity contribution in [1.29, 1.82) is 0 Å².